The van der Waals surface area contributed by atoms with Crippen molar-refractivity contribution in [1.29, 1.82) is 0 Å². The summed E-state index contributed by atoms with van der Waals surface area (Å²) in [5, 5.41) is 0. The normalized spacial score (nSPS) is 10.7. The Balaban J connectivity index is 4.26. The van der Waals surface area contributed by atoms with Gasteiger partial charge in [-0.05, 0) is 37.3 Å². The van der Waals surface area contributed by atoms with Crippen LogP contribution in [0.2, 0.25) is 0 Å². The topological polar surface area (TPSA) is 18.5 Å². The van der Waals surface area contributed by atoms with Crippen molar-refractivity contribution in [2.24, 2.45) is 0 Å². The van der Waals surface area contributed by atoms with Gasteiger partial charge in [0.15, 0.2) is 6.49 Å². The van der Waals surface area contributed by atoms with E-state index in [0.717, 1.165) is 5.57 Å². The number of rotatable bonds is 4. The van der Waals surface area contributed by atoms with Crippen molar-refractivity contribution in [1.82, 2.24) is 0 Å². The van der Waals surface area contributed by atoms with Crippen LogP contribution >= 0.6 is 6.49 Å². The van der Waals surface area contributed by atoms with E-state index in [1.54, 1.807) is 14.2 Å². The lowest BCUT2D eigenvalue weighted by Gasteiger charge is -2.14. The second-order valence-corrected chi connectivity index (χ2v) is 6.49. The minimum atomic E-state index is -2.04. The largest absolute Gasteiger partial charge is 0.332 e. The second kappa shape index (κ2) is 5.69. The lowest BCUT2D eigenvalue weighted by Crippen LogP contribution is -1.90. The molecule has 2 nitrogen and oxygen atoms in total. The Hall–Kier alpha value is 0.0900. The summed E-state index contributed by atoms with van der Waals surface area (Å²) in [5.41, 5.74) is 4.19. The molecule has 0 aliphatic heterocycles. The summed E-state index contributed by atoms with van der Waals surface area (Å²) in [6, 6.07) is 0. The maximum atomic E-state index is 5.14. The van der Waals surface area contributed by atoms with Gasteiger partial charge in [-0.25, -0.2) is 0 Å². The molecule has 0 amide bonds. The summed E-state index contributed by atoms with van der Waals surface area (Å²) in [6.45, 7) is 1.94. The molecule has 70 valence electrons. The first-order chi connectivity index (χ1) is 5.54. The van der Waals surface area contributed by atoms with Crippen LogP contribution in [-0.2, 0) is 20.9 Å². The summed E-state index contributed by atoms with van der Waals surface area (Å²) < 4.78 is 10.2. The molecular weight excluding hydrogens is 191 g/mol. The van der Waals surface area contributed by atoms with E-state index in [1.807, 2.05) is 19.9 Å². The van der Waals surface area contributed by atoms with Gasteiger partial charge in [0, 0.05) is 20.4 Å². The van der Waals surface area contributed by atoms with Crippen LogP contribution in [0, 0.1) is 0 Å². The van der Waals surface area contributed by atoms with Gasteiger partial charge >= 0.3 is 0 Å². The van der Waals surface area contributed by atoms with E-state index in [9.17, 15) is 0 Å². The highest BCUT2D eigenvalue weighted by molar-refractivity contribution is 8.10. The smallest absolute Gasteiger partial charge is 0.192 e. The highest BCUT2D eigenvalue weighted by Crippen LogP contribution is 2.46. The van der Waals surface area contributed by atoms with Crippen LogP contribution in [-0.4, -0.2) is 20.4 Å². The van der Waals surface area contributed by atoms with Crippen LogP contribution in [0.15, 0.2) is 17.4 Å². The number of hydrogen-bond acceptors (Lipinski definition) is 3. The van der Waals surface area contributed by atoms with Crippen molar-refractivity contribution >= 4 is 18.3 Å². The van der Waals surface area contributed by atoms with E-state index in [2.05, 4.69) is 5.73 Å². The van der Waals surface area contributed by atoms with Crippen molar-refractivity contribution in [3.05, 3.63) is 17.4 Å². The minimum absolute atomic E-state index is 0.639. The molecule has 0 rings (SSSR count). The zero-order valence-electron chi connectivity index (χ0n) is 7.96. The Bertz CT molecular complexity index is 229. The van der Waals surface area contributed by atoms with E-state index in [0.29, 0.717) is 6.16 Å². The van der Waals surface area contributed by atoms with Gasteiger partial charge in [0.2, 0.25) is 0 Å². The fourth-order valence-corrected chi connectivity index (χ4v) is 1.57. The van der Waals surface area contributed by atoms with Gasteiger partial charge in [-0.1, -0.05) is 0 Å². The molecule has 12 heavy (non-hydrogen) atoms. The molecule has 0 saturated heterocycles. The van der Waals surface area contributed by atoms with E-state index < -0.39 is 6.49 Å². The van der Waals surface area contributed by atoms with E-state index >= 15 is 0 Å². The molecule has 0 atom stereocenters. The molecule has 0 N–H and O–H groups in total. The highest BCUT2D eigenvalue weighted by atomic mass is 32.5. The predicted molar refractivity (Wildman–Crippen MR) is 56.1 cm³/mol. The quantitative estimate of drug-likeness (QED) is 0.520. The molecule has 0 aliphatic carbocycles. The van der Waals surface area contributed by atoms with Gasteiger partial charge in [0.1, 0.15) is 0 Å². The number of hydrogen-bond donors (Lipinski definition) is 0. The third-order valence-electron chi connectivity index (χ3n) is 1.26. The first kappa shape index (κ1) is 12.1. The third kappa shape index (κ3) is 4.87. The molecular formula is C8H15O2PS. The van der Waals surface area contributed by atoms with Gasteiger partial charge < -0.3 is 9.05 Å². The average Bonchev–Trinajstić information content (AvgIpc) is 2.03. The molecule has 0 bridgehead atoms. The summed E-state index contributed by atoms with van der Waals surface area (Å²) >= 11 is 5.14. The van der Waals surface area contributed by atoms with Crippen molar-refractivity contribution < 1.29 is 9.05 Å². The van der Waals surface area contributed by atoms with Crippen LogP contribution in [0.4, 0.5) is 0 Å². The Labute approximate surface area is 79.4 Å². The van der Waals surface area contributed by atoms with Crippen molar-refractivity contribution in [3.63, 3.8) is 0 Å². The van der Waals surface area contributed by atoms with Crippen molar-refractivity contribution in [2.45, 2.75) is 13.8 Å². The zero-order valence-corrected chi connectivity index (χ0v) is 9.67. The molecule has 0 heterocycles. The van der Waals surface area contributed by atoms with Crippen LogP contribution in [0.5, 0.6) is 0 Å². The van der Waals surface area contributed by atoms with Crippen molar-refractivity contribution in [2.75, 3.05) is 20.4 Å². The molecule has 0 unspecified atom stereocenters. The van der Waals surface area contributed by atoms with Gasteiger partial charge in [-0.2, -0.15) is 0 Å². The average molecular weight is 206 g/mol. The standard InChI is InChI=1S/C8H15O2PS/c1-8(2)6-5-7-11(12,9-3)10-4/h5H,7H2,1-4H3. The third-order valence-corrected chi connectivity index (χ3v) is 4.35. The molecule has 0 aliphatic rings. The Morgan fingerprint density at radius 1 is 1.42 bits per heavy atom. The summed E-state index contributed by atoms with van der Waals surface area (Å²) in [4.78, 5) is 0. The SMILES string of the molecule is COP(=S)(CC=C=C(C)C)OC. The van der Waals surface area contributed by atoms with Gasteiger partial charge in [0.05, 0.1) is 0 Å². The zero-order chi connectivity index (χ0) is 9.61. The van der Waals surface area contributed by atoms with Crippen LogP contribution < -0.4 is 0 Å². The van der Waals surface area contributed by atoms with E-state index in [-0.39, 0.29) is 0 Å². The lowest BCUT2D eigenvalue weighted by molar-refractivity contribution is 0.340. The summed E-state index contributed by atoms with van der Waals surface area (Å²) in [5.74, 6) is 0. The van der Waals surface area contributed by atoms with Crippen LogP contribution in [0.3, 0.4) is 0 Å². The molecule has 0 saturated carbocycles. The van der Waals surface area contributed by atoms with E-state index in [4.69, 9.17) is 20.9 Å². The predicted octanol–water partition coefficient (Wildman–Crippen LogP) is 2.71. The fraction of sp³-hybridized carbons (Fsp3) is 0.625. The maximum Gasteiger partial charge on any atom is 0.192 e. The summed E-state index contributed by atoms with van der Waals surface area (Å²) in [7, 11) is 3.17. The molecule has 0 radical (unpaired) electrons. The first-order valence-electron chi connectivity index (χ1n) is 3.63. The second-order valence-electron chi connectivity index (χ2n) is 2.51. The molecule has 0 aromatic carbocycles. The number of allylic oxidation sites excluding steroid dienone is 1. The highest BCUT2D eigenvalue weighted by Gasteiger charge is 2.11. The van der Waals surface area contributed by atoms with Gasteiger partial charge in [-0.3, -0.25) is 0 Å². The van der Waals surface area contributed by atoms with Crippen molar-refractivity contribution in [3.8, 4) is 0 Å². The fourth-order valence-electron chi connectivity index (χ4n) is 0.585. The molecule has 0 spiro atoms. The van der Waals surface area contributed by atoms with E-state index in [1.165, 1.54) is 0 Å². The lowest BCUT2D eigenvalue weighted by atomic mass is 10.4. The molecule has 0 aromatic rings. The van der Waals surface area contributed by atoms with Gasteiger partial charge in [0.25, 0.3) is 0 Å². The molecule has 0 fully saturated rings. The van der Waals surface area contributed by atoms with Gasteiger partial charge in [-0.15, -0.1) is 5.73 Å². The summed E-state index contributed by atoms with van der Waals surface area (Å²) in [6.07, 6.45) is 2.52. The molecule has 0 aromatic heterocycles. The minimum Gasteiger partial charge on any atom is -0.332 e. The maximum absolute atomic E-state index is 5.14. The Morgan fingerprint density at radius 3 is 2.25 bits per heavy atom. The first-order valence-corrected chi connectivity index (χ1v) is 6.45. The van der Waals surface area contributed by atoms with Crippen LogP contribution in [0.1, 0.15) is 13.8 Å². The van der Waals surface area contributed by atoms with Crippen LogP contribution in [0.25, 0.3) is 0 Å². The molecule has 4 heteroatoms. The Morgan fingerprint density at radius 2 is 1.92 bits per heavy atom. The Kier molecular flexibility index (Phi) is 5.73. The monoisotopic (exact) mass is 206 g/mol.